The zero-order chi connectivity index (χ0) is 23.7. The van der Waals surface area contributed by atoms with Crippen molar-refractivity contribution in [1.29, 1.82) is 0 Å². The van der Waals surface area contributed by atoms with E-state index < -0.39 is 5.97 Å². The minimum atomic E-state index is -0.438. The quantitative estimate of drug-likeness (QED) is 0.356. The normalized spacial score (nSPS) is 11.0. The number of benzene rings is 3. The van der Waals surface area contributed by atoms with Gasteiger partial charge in [-0.1, -0.05) is 56.3 Å². The fraction of sp³-hybridized carbons (Fsp3) is 0.259. The molecule has 0 radical (unpaired) electrons. The number of nitrogens with one attached hydrogen (secondary N) is 1. The Morgan fingerprint density at radius 2 is 1.45 bits per heavy atom. The third-order valence-electron chi connectivity index (χ3n) is 5.37. The number of esters is 1. The lowest BCUT2D eigenvalue weighted by Crippen LogP contribution is -2.20. The van der Waals surface area contributed by atoms with Gasteiger partial charge in [-0.25, -0.2) is 4.79 Å². The minimum absolute atomic E-state index is 0.123. The second-order valence-electron chi connectivity index (χ2n) is 8.06. The van der Waals surface area contributed by atoms with Crippen LogP contribution in [0, 0.1) is 0 Å². The molecule has 1 amide bonds. The smallest absolute Gasteiger partial charge is 0.338 e. The van der Waals surface area contributed by atoms with Gasteiger partial charge in [0.1, 0.15) is 12.4 Å². The largest absolute Gasteiger partial charge is 0.484 e. The second kappa shape index (κ2) is 11.3. The molecule has 0 saturated heterocycles. The van der Waals surface area contributed by atoms with Crippen LogP contribution >= 0.6 is 0 Å². The summed E-state index contributed by atoms with van der Waals surface area (Å²) in [4.78, 5) is 24.1. The van der Waals surface area contributed by atoms with Gasteiger partial charge < -0.3 is 19.5 Å². The molecule has 6 nitrogen and oxygen atoms in total. The third-order valence-corrected chi connectivity index (χ3v) is 5.37. The average Bonchev–Trinajstić information content (AvgIpc) is 2.84. The van der Waals surface area contributed by atoms with E-state index in [4.69, 9.17) is 14.2 Å². The van der Waals surface area contributed by atoms with Gasteiger partial charge in [0.2, 0.25) is 0 Å². The van der Waals surface area contributed by atoms with E-state index in [9.17, 15) is 9.59 Å². The number of rotatable bonds is 10. The van der Waals surface area contributed by atoms with E-state index >= 15 is 0 Å². The van der Waals surface area contributed by atoms with Crippen molar-refractivity contribution in [1.82, 2.24) is 0 Å². The summed E-state index contributed by atoms with van der Waals surface area (Å²) in [6.45, 7) is 4.76. The average molecular weight is 448 g/mol. The molecule has 3 rings (SSSR count). The highest BCUT2D eigenvalue weighted by molar-refractivity contribution is 5.93. The van der Waals surface area contributed by atoms with E-state index in [1.165, 1.54) is 12.7 Å². The Kier molecular flexibility index (Phi) is 8.22. The van der Waals surface area contributed by atoms with Crippen LogP contribution in [0.15, 0.2) is 78.9 Å². The standard InChI is InChI=1S/C27H29NO5/c1-27(2,21-7-5-4-6-8-21)22-11-15-24(16-12-22)33-19-25(29)28-23-13-9-20(10-14-23)26(30)32-18-17-31-3/h4-16H,17-19H2,1-3H3,(H,28,29). The number of hydrogen-bond acceptors (Lipinski definition) is 5. The molecule has 0 aliphatic heterocycles. The van der Waals surface area contributed by atoms with Gasteiger partial charge in [0.25, 0.3) is 5.91 Å². The van der Waals surface area contributed by atoms with E-state index in [-0.39, 0.29) is 24.5 Å². The van der Waals surface area contributed by atoms with Crippen molar-refractivity contribution in [2.24, 2.45) is 0 Å². The van der Waals surface area contributed by atoms with Crippen molar-refractivity contribution >= 4 is 17.6 Å². The summed E-state index contributed by atoms with van der Waals surface area (Å²) in [6, 6.07) is 24.6. The van der Waals surface area contributed by atoms with Crippen LogP contribution in [0.1, 0.15) is 35.3 Å². The summed E-state index contributed by atoms with van der Waals surface area (Å²) >= 11 is 0. The van der Waals surface area contributed by atoms with E-state index in [0.29, 0.717) is 23.6 Å². The third kappa shape index (κ3) is 6.67. The van der Waals surface area contributed by atoms with Crippen LogP contribution in [-0.4, -0.2) is 38.8 Å². The Hall–Kier alpha value is -3.64. The van der Waals surface area contributed by atoms with Crippen LogP contribution in [-0.2, 0) is 19.7 Å². The zero-order valence-electron chi connectivity index (χ0n) is 19.2. The summed E-state index contributed by atoms with van der Waals surface area (Å²) in [7, 11) is 1.54. The van der Waals surface area contributed by atoms with Gasteiger partial charge in [-0.2, -0.15) is 0 Å². The molecule has 0 aromatic heterocycles. The highest BCUT2D eigenvalue weighted by atomic mass is 16.6. The van der Waals surface area contributed by atoms with Crippen LogP contribution in [0.5, 0.6) is 5.75 Å². The Morgan fingerprint density at radius 1 is 0.818 bits per heavy atom. The van der Waals surface area contributed by atoms with Gasteiger partial charge in [-0.3, -0.25) is 4.79 Å². The summed E-state index contributed by atoms with van der Waals surface area (Å²) in [5.74, 6) is -0.113. The highest BCUT2D eigenvalue weighted by Gasteiger charge is 2.22. The second-order valence-corrected chi connectivity index (χ2v) is 8.06. The Balaban J connectivity index is 1.50. The molecule has 0 aliphatic rings. The minimum Gasteiger partial charge on any atom is -0.484 e. The van der Waals surface area contributed by atoms with Crippen LogP contribution in [0.4, 0.5) is 5.69 Å². The maximum absolute atomic E-state index is 12.2. The number of hydrogen-bond donors (Lipinski definition) is 1. The maximum atomic E-state index is 12.2. The molecular weight excluding hydrogens is 418 g/mol. The van der Waals surface area contributed by atoms with Gasteiger partial charge in [0.15, 0.2) is 6.61 Å². The first-order valence-electron chi connectivity index (χ1n) is 10.7. The first-order chi connectivity index (χ1) is 15.9. The van der Waals surface area contributed by atoms with E-state index in [1.807, 2.05) is 42.5 Å². The van der Waals surface area contributed by atoms with Crippen LogP contribution < -0.4 is 10.1 Å². The summed E-state index contributed by atoms with van der Waals surface area (Å²) in [6.07, 6.45) is 0. The van der Waals surface area contributed by atoms with Gasteiger partial charge in [-0.15, -0.1) is 0 Å². The lowest BCUT2D eigenvalue weighted by Gasteiger charge is -2.26. The first kappa shape index (κ1) is 24.0. The fourth-order valence-electron chi connectivity index (χ4n) is 3.33. The van der Waals surface area contributed by atoms with Gasteiger partial charge in [0, 0.05) is 18.2 Å². The molecule has 0 spiro atoms. The molecule has 33 heavy (non-hydrogen) atoms. The molecule has 0 heterocycles. The van der Waals surface area contributed by atoms with Crippen LogP contribution in [0.3, 0.4) is 0 Å². The maximum Gasteiger partial charge on any atom is 0.338 e. The SMILES string of the molecule is COCCOC(=O)c1ccc(NC(=O)COc2ccc(C(C)(C)c3ccccc3)cc2)cc1. The predicted octanol–water partition coefficient (Wildman–Crippen LogP) is 4.83. The Morgan fingerprint density at radius 3 is 2.09 bits per heavy atom. The molecule has 0 aliphatic carbocycles. The van der Waals surface area contributed by atoms with Crippen LogP contribution in [0.25, 0.3) is 0 Å². The number of carbonyl (C=O) groups excluding carboxylic acids is 2. The summed E-state index contributed by atoms with van der Waals surface area (Å²) in [5, 5.41) is 2.75. The van der Waals surface area contributed by atoms with Crippen molar-refractivity contribution in [2.75, 3.05) is 32.2 Å². The van der Waals surface area contributed by atoms with Crippen molar-refractivity contribution in [3.05, 3.63) is 95.6 Å². The topological polar surface area (TPSA) is 73.9 Å². The number of amides is 1. The molecule has 0 atom stereocenters. The van der Waals surface area contributed by atoms with Crippen molar-refractivity contribution in [3.8, 4) is 5.75 Å². The van der Waals surface area contributed by atoms with E-state index in [2.05, 4.69) is 31.3 Å². The number of ether oxygens (including phenoxy) is 3. The Labute approximate surface area is 194 Å². The molecule has 3 aromatic carbocycles. The fourth-order valence-corrected chi connectivity index (χ4v) is 3.33. The highest BCUT2D eigenvalue weighted by Crippen LogP contribution is 2.32. The predicted molar refractivity (Wildman–Crippen MR) is 128 cm³/mol. The van der Waals surface area contributed by atoms with Crippen molar-refractivity contribution in [2.45, 2.75) is 19.3 Å². The van der Waals surface area contributed by atoms with Crippen molar-refractivity contribution in [3.63, 3.8) is 0 Å². The first-order valence-corrected chi connectivity index (χ1v) is 10.7. The van der Waals surface area contributed by atoms with Crippen molar-refractivity contribution < 1.29 is 23.8 Å². The van der Waals surface area contributed by atoms with E-state index in [1.54, 1.807) is 24.3 Å². The zero-order valence-corrected chi connectivity index (χ0v) is 19.2. The van der Waals surface area contributed by atoms with Crippen LogP contribution in [0.2, 0.25) is 0 Å². The number of carbonyl (C=O) groups is 2. The molecule has 0 fully saturated rings. The van der Waals surface area contributed by atoms with Gasteiger partial charge in [-0.05, 0) is 47.5 Å². The molecule has 172 valence electrons. The summed E-state index contributed by atoms with van der Waals surface area (Å²) in [5.41, 5.74) is 3.22. The molecule has 0 saturated carbocycles. The molecule has 6 heteroatoms. The molecule has 1 N–H and O–H groups in total. The summed E-state index contributed by atoms with van der Waals surface area (Å²) < 4.78 is 15.5. The molecule has 3 aromatic rings. The van der Waals surface area contributed by atoms with E-state index in [0.717, 1.165) is 5.56 Å². The lowest BCUT2D eigenvalue weighted by molar-refractivity contribution is -0.118. The Bertz CT molecular complexity index is 1040. The molecular formula is C27H29NO5. The van der Waals surface area contributed by atoms with Gasteiger partial charge >= 0.3 is 5.97 Å². The number of methoxy groups -OCH3 is 1. The monoisotopic (exact) mass is 447 g/mol. The number of anilines is 1. The molecule has 0 bridgehead atoms. The molecule has 0 unspecified atom stereocenters. The van der Waals surface area contributed by atoms with Gasteiger partial charge in [0.05, 0.1) is 12.2 Å². The lowest BCUT2D eigenvalue weighted by atomic mass is 9.78.